The summed E-state index contributed by atoms with van der Waals surface area (Å²) in [7, 11) is 0. The summed E-state index contributed by atoms with van der Waals surface area (Å²) in [5.41, 5.74) is 0.660. The van der Waals surface area contributed by atoms with Gasteiger partial charge in [0.25, 0.3) is 5.56 Å². The van der Waals surface area contributed by atoms with Gasteiger partial charge in [-0.05, 0) is 19.3 Å². The van der Waals surface area contributed by atoms with Gasteiger partial charge >= 0.3 is 0 Å². The van der Waals surface area contributed by atoms with Crippen LogP contribution in [-0.4, -0.2) is 50.5 Å². The van der Waals surface area contributed by atoms with Gasteiger partial charge in [-0.3, -0.25) is 19.0 Å². The molecule has 1 amide bonds. The molecule has 0 saturated carbocycles. The Morgan fingerprint density at radius 3 is 3.17 bits per heavy atom. The minimum Gasteiger partial charge on any atom is -0.376 e. The Bertz CT molecular complexity index is 766. The van der Waals surface area contributed by atoms with Crippen LogP contribution in [0.4, 0.5) is 0 Å². The summed E-state index contributed by atoms with van der Waals surface area (Å²) >= 11 is 1.31. The van der Waals surface area contributed by atoms with Crippen molar-refractivity contribution >= 4 is 23.4 Å². The molecule has 3 rings (SSSR count). The van der Waals surface area contributed by atoms with Gasteiger partial charge in [-0.25, -0.2) is 0 Å². The first-order valence-corrected chi connectivity index (χ1v) is 9.14. The van der Waals surface area contributed by atoms with Crippen molar-refractivity contribution in [2.24, 2.45) is 0 Å². The predicted molar refractivity (Wildman–Crippen MR) is 90.3 cm³/mol. The van der Waals surface area contributed by atoms with Crippen LogP contribution in [0.3, 0.4) is 0 Å². The lowest BCUT2D eigenvalue weighted by molar-refractivity contribution is -0.119. The predicted octanol–water partition coefficient (Wildman–Crippen LogP) is 0.757. The van der Waals surface area contributed by atoms with Gasteiger partial charge in [0.15, 0.2) is 5.16 Å². The van der Waals surface area contributed by atoms with Crippen molar-refractivity contribution in [3.05, 3.63) is 22.1 Å². The second-order valence-electron chi connectivity index (χ2n) is 5.74. The molecule has 1 saturated heterocycles. The molecule has 130 valence electrons. The molecule has 1 aliphatic rings. The standard InChI is InChI=1S/C15H21N5O3S/c1-2-4-10-7-12(21)17-14-18-19-15(20(10)14)24-9-13(22)16-8-11-5-3-6-23-11/h7,11H,2-6,8-9H2,1H3,(H,16,22)(H,17,18,21)/t11-/m0/s1. The minimum absolute atomic E-state index is 0.0614. The third-order valence-corrected chi connectivity index (χ3v) is 4.77. The van der Waals surface area contributed by atoms with Crippen molar-refractivity contribution in [2.75, 3.05) is 18.9 Å². The maximum absolute atomic E-state index is 12.0. The van der Waals surface area contributed by atoms with E-state index in [1.165, 1.54) is 11.8 Å². The lowest BCUT2D eigenvalue weighted by atomic mass is 10.2. The largest absolute Gasteiger partial charge is 0.376 e. The zero-order valence-electron chi connectivity index (χ0n) is 13.6. The van der Waals surface area contributed by atoms with Crippen molar-refractivity contribution in [3.63, 3.8) is 0 Å². The van der Waals surface area contributed by atoms with E-state index in [4.69, 9.17) is 4.74 Å². The van der Waals surface area contributed by atoms with Crippen LogP contribution in [0, 0.1) is 0 Å². The Morgan fingerprint density at radius 2 is 2.42 bits per heavy atom. The van der Waals surface area contributed by atoms with Crippen molar-refractivity contribution in [3.8, 4) is 0 Å². The van der Waals surface area contributed by atoms with Gasteiger partial charge in [0.1, 0.15) is 0 Å². The van der Waals surface area contributed by atoms with Crippen molar-refractivity contribution in [1.82, 2.24) is 24.9 Å². The first kappa shape index (κ1) is 17.0. The first-order chi connectivity index (χ1) is 11.7. The van der Waals surface area contributed by atoms with Crippen LogP contribution in [0.2, 0.25) is 0 Å². The van der Waals surface area contributed by atoms with Gasteiger partial charge in [0.2, 0.25) is 11.7 Å². The number of hydrogen-bond donors (Lipinski definition) is 2. The Hall–Kier alpha value is -1.87. The van der Waals surface area contributed by atoms with Crippen LogP contribution in [0.25, 0.3) is 5.78 Å². The fourth-order valence-corrected chi connectivity index (χ4v) is 3.51. The highest BCUT2D eigenvalue weighted by Gasteiger charge is 2.17. The molecule has 0 spiro atoms. The van der Waals surface area contributed by atoms with E-state index in [1.807, 2.05) is 11.3 Å². The molecule has 0 aromatic carbocycles. The SMILES string of the molecule is CCCc1cc(=O)[nH]c2nnc(SCC(=O)NC[C@@H]3CCCO3)n12. The number of carbonyl (C=O) groups is 1. The Kier molecular flexibility index (Phi) is 5.52. The van der Waals surface area contributed by atoms with Crippen LogP contribution in [0.15, 0.2) is 16.0 Å². The first-order valence-electron chi connectivity index (χ1n) is 8.16. The van der Waals surface area contributed by atoms with Gasteiger partial charge in [0, 0.05) is 24.9 Å². The number of rotatable bonds is 7. The summed E-state index contributed by atoms with van der Waals surface area (Å²) in [6.45, 7) is 3.37. The van der Waals surface area contributed by atoms with Gasteiger partial charge in [-0.2, -0.15) is 0 Å². The van der Waals surface area contributed by atoms with Crippen LogP contribution in [0.1, 0.15) is 31.9 Å². The Balaban J connectivity index is 1.64. The molecular formula is C15H21N5O3S. The molecule has 0 aliphatic carbocycles. The fraction of sp³-hybridized carbons (Fsp3) is 0.600. The number of nitrogens with zero attached hydrogens (tertiary/aromatic N) is 3. The van der Waals surface area contributed by atoms with Crippen LogP contribution in [-0.2, 0) is 16.0 Å². The van der Waals surface area contributed by atoms with Gasteiger partial charge in [0.05, 0.1) is 11.9 Å². The second-order valence-corrected chi connectivity index (χ2v) is 6.69. The second kappa shape index (κ2) is 7.80. The molecule has 24 heavy (non-hydrogen) atoms. The molecule has 1 aliphatic heterocycles. The quantitative estimate of drug-likeness (QED) is 0.714. The topological polar surface area (TPSA) is 101 Å². The highest BCUT2D eigenvalue weighted by molar-refractivity contribution is 7.99. The molecular weight excluding hydrogens is 330 g/mol. The summed E-state index contributed by atoms with van der Waals surface area (Å²) in [6.07, 6.45) is 3.84. The maximum atomic E-state index is 12.0. The molecule has 2 aromatic rings. The number of aromatic nitrogens is 4. The fourth-order valence-electron chi connectivity index (χ4n) is 2.72. The molecule has 8 nitrogen and oxygen atoms in total. The van der Waals surface area contributed by atoms with Crippen molar-refractivity contribution < 1.29 is 9.53 Å². The number of aryl methyl sites for hydroxylation is 1. The van der Waals surface area contributed by atoms with E-state index in [2.05, 4.69) is 20.5 Å². The summed E-state index contributed by atoms with van der Waals surface area (Å²) in [5, 5.41) is 11.6. The zero-order valence-corrected chi connectivity index (χ0v) is 14.4. The molecule has 0 bridgehead atoms. The van der Waals surface area contributed by atoms with Crippen molar-refractivity contribution in [1.29, 1.82) is 0 Å². The van der Waals surface area contributed by atoms with E-state index in [-0.39, 0.29) is 23.3 Å². The van der Waals surface area contributed by atoms with E-state index in [1.54, 1.807) is 6.07 Å². The third kappa shape index (κ3) is 3.96. The maximum Gasteiger partial charge on any atom is 0.252 e. The van der Waals surface area contributed by atoms with Crippen molar-refractivity contribution in [2.45, 2.75) is 43.9 Å². The van der Waals surface area contributed by atoms with E-state index in [0.717, 1.165) is 38.0 Å². The van der Waals surface area contributed by atoms with Gasteiger partial charge in [-0.1, -0.05) is 25.1 Å². The molecule has 1 fully saturated rings. The molecule has 0 radical (unpaired) electrons. The number of amides is 1. The highest BCUT2D eigenvalue weighted by Crippen LogP contribution is 2.18. The molecule has 2 N–H and O–H groups in total. The number of thioether (sulfide) groups is 1. The highest BCUT2D eigenvalue weighted by atomic mass is 32.2. The lowest BCUT2D eigenvalue weighted by Crippen LogP contribution is -2.32. The smallest absolute Gasteiger partial charge is 0.252 e. The summed E-state index contributed by atoms with van der Waals surface area (Å²) < 4.78 is 7.29. The van der Waals surface area contributed by atoms with Gasteiger partial charge < -0.3 is 10.1 Å². The zero-order chi connectivity index (χ0) is 16.9. The van der Waals surface area contributed by atoms with E-state index in [0.29, 0.717) is 17.5 Å². The summed E-state index contributed by atoms with van der Waals surface area (Å²) in [4.78, 5) is 26.3. The molecule has 9 heteroatoms. The number of aromatic amines is 1. The molecule has 0 unspecified atom stereocenters. The number of H-pyrrole nitrogens is 1. The average Bonchev–Trinajstić information content (AvgIpc) is 3.20. The lowest BCUT2D eigenvalue weighted by Gasteiger charge is -2.10. The normalized spacial score (nSPS) is 17.5. The van der Waals surface area contributed by atoms with E-state index < -0.39 is 0 Å². The monoisotopic (exact) mass is 351 g/mol. The molecule has 1 atom stereocenters. The average molecular weight is 351 g/mol. The Labute approximate surface area is 143 Å². The number of ether oxygens (including phenoxy) is 1. The molecule has 2 aromatic heterocycles. The number of hydrogen-bond acceptors (Lipinski definition) is 6. The minimum atomic E-state index is -0.191. The summed E-state index contributed by atoms with van der Waals surface area (Å²) in [6, 6.07) is 1.56. The Morgan fingerprint density at radius 1 is 1.54 bits per heavy atom. The van der Waals surface area contributed by atoms with Gasteiger partial charge in [-0.15, -0.1) is 10.2 Å². The number of fused-ring (bicyclic) bond motifs is 1. The number of carbonyl (C=O) groups excluding carboxylic acids is 1. The van der Waals surface area contributed by atoms with Crippen LogP contribution >= 0.6 is 11.8 Å². The van der Waals surface area contributed by atoms with Crippen LogP contribution in [0.5, 0.6) is 0 Å². The number of nitrogens with one attached hydrogen (secondary N) is 2. The van der Waals surface area contributed by atoms with E-state index >= 15 is 0 Å². The summed E-state index contributed by atoms with van der Waals surface area (Å²) in [5.74, 6) is 0.597. The van der Waals surface area contributed by atoms with E-state index in [9.17, 15) is 9.59 Å². The van der Waals surface area contributed by atoms with Crippen LogP contribution < -0.4 is 10.9 Å². The third-order valence-electron chi connectivity index (χ3n) is 3.84. The molecule has 3 heterocycles.